The molecule has 0 spiro atoms. The summed E-state index contributed by atoms with van der Waals surface area (Å²) in [5.74, 6) is -0.780. The number of carbonyl (C=O) groups excluding carboxylic acids is 3. The van der Waals surface area contributed by atoms with Crippen molar-refractivity contribution < 1.29 is 18.8 Å². The van der Waals surface area contributed by atoms with Crippen LogP contribution in [0.1, 0.15) is 69.1 Å². The van der Waals surface area contributed by atoms with Crippen LogP contribution >= 0.6 is 0 Å². The molecule has 0 saturated heterocycles. The molecule has 1 fully saturated rings. The molecular weight excluding hydrogens is 294 g/mol. The molecule has 0 radical (unpaired) electrons. The van der Waals surface area contributed by atoms with Gasteiger partial charge in [0, 0.05) is 12.1 Å². The van der Waals surface area contributed by atoms with E-state index in [2.05, 4.69) is 4.98 Å². The molecule has 118 valence electrons. The van der Waals surface area contributed by atoms with Crippen molar-refractivity contribution in [1.82, 2.24) is 4.98 Å². The lowest BCUT2D eigenvalue weighted by atomic mass is 9.83. The number of Topliss-reactive ketones (excluding diaryl/α,β-unsaturated/α-hetero) is 1. The molecule has 5 heteroatoms. The van der Waals surface area contributed by atoms with Gasteiger partial charge in [-0.25, -0.2) is 0 Å². The average Bonchev–Trinajstić information content (AvgIpc) is 3.06. The summed E-state index contributed by atoms with van der Waals surface area (Å²) < 4.78 is 5.16. The van der Waals surface area contributed by atoms with Crippen LogP contribution in [0.5, 0.6) is 0 Å². The Morgan fingerprint density at radius 3 is 2.61 bits per heavy atom. The first-order chi connectivity index (χ1) is 11.2. The van der Waals surface area contributed by atoms with Crippen LogP contribution in [0.3, 0.4) is 0 Å². The van der Waals surface area contributed by atoms with Gasteiger partial charge >= 0.3 is 0 Å². The summed E-state index contributed by atoms with van der Waals surface area (Å²) in [6.45, 7) is 0. The van der Waals surface area contributed by atoms with Crippen LogP contribution in [0.2, 0.25) is 0 Å². The summed E-state index contributed by atoms with van der Waals surface area (Å²) in [6.07, 6.45) is 7.99. The highest BCUT2D eigenvalue weighted by atomic mass is 16.3. The average molecular weight is 311 g/mol. The van der Waals surface area contributed by atoms with E-state index in [9.17, 15) is 14.4 Å². The Morgan fingerprint density at radius 2 is 1.96 bits per heavy atom. The highest BCUT2D eigenvalue weighted by molar-refractivity contribution is 6.17. The van der Waals surface area contributed by atoms with E-state index in [4.69, 9.17) is 4.42 Å². The Kier molecular flexibility index (Phi) is 4.46. The van der Waals surface area contributed by atoms with E-state index in [0.29, 0.717) is 6.29 Å². The zero-order chi connectivity index (χ0) is 16.2. The van der Waals surface area contributed by atoms with E-state index < -0.39 is 5.78 Å². The lowest BCUT2D eigenvalue weighted by Crippen LogP contribution is -2.20. The van der Waals surface area contributed by atoms with Crippen molar-refractivity contribution in [3.63, 3.8) is 0 Å². The maximum absolute atomic E-state index is 12.7. The first-order valence-electron chi connectivity index (χ1n) is 7.79. The first kappa shape index (κ1) is 15.3. The Balaban J connectivity index is 1.99. The number of furan rings is 1. The second-order valence-corrected chi connectivity index (χ2v) is 5.75. The second-order valence-electron chi connectivity index (χ2n) is 5.75. The Hall–Kier alpha value is -2.56. The minimum atomic E-state index is -0.458. The molecule has 1 saturated carbocycles. The summed E-state index contributed by atoms with van der Waals surface area (Å²) in [5, 5.41) is 0. The maximum atomic E-state index is 12.7. The molecule has 2 aromatic heterocycles. The topological polar surface area (TPSA) is 77.2 Å². The van der Waals surface area contributed by atoms with Gasteiger partial charge in [-0.05, 0) is 25.0 Å². The normalized spacial score (nSPS) is 15.3. The highest BCUT2D eigenvalue weighted by Crippen LogP contribution is 2.30. The summed E-state index contributed by atoms with van der Waals surface area (Å²) in [6, 6.07) is 4.93. The van der Waals surface area contributed by atoms with Crippen LogP contribution in [0.15, 0.2) is 35.1 Å². The minimum absolute atomic E-state index is 0.0364. The predicted molar refractivity (Wildman–Crippen MR) is 82.7 cm³/mol. The SMILES string of the molecule is O=Cc1occ(C(=O)C2CCCCC2)c1C(=O)c1ccccn1. The van der Waals surface area contributed by atoms with E-state index in [1.54, 1.807) is 18.2 Å². The molecule has 0 bridgehead atoms. The number of hydrogen-bond acceptors (Lipinski definition) is 5. The van der Waals surface area contributed by atoms with E-state index in [1.165, 1.54) is 12.5 Å². The molecule has 3 rings (SSSR count). The van der Waals surface area contributed by atoms with E-state index in [-0.39, 0.29) is 34.3 Å². The molecule has 1 aliphatic carbocycles. The largest absolute Gasteiger partial charge is 0.460 e. The predicted octanol–water partition coefficient (Wildman–Crippen LogP) is 3.48. The molecule has 0 aliphatic heterocycles. The quantitative estimate of drug-likeness (QED) is 0.624. The third kappa shape index (κ3) is 2.99. The smallest absolute Gasteiger partial charge is 0.216 e. The van der Waals surface area contributed by atoms with Crippen molar-refractivity contribution in [3.8, 4) is 0 Å². The maximum Gasteiger partial charge on any atom is 0.216 e. The number of aldehydes is 1. The van der Waals surface area contributed by atoms with Crippen molar-refractivity contribution in [2.75, 3.05) is 0 Å². The van der Waals surface area contributed by atoms with Crippen molar-refractivity contribution in [2.24, 2.45) is 5.92 Å². The Morgan fingerprint density at radius 1 is 1.17 bits per heavy atom. The summed E-state index contributed by atoms with van der Waals surface area (Å²) in [5.41, 5.74) is 0.429. The Bertz CT molecular complexity index is 727. The number of aromatic nitrogens is 1. The molecule has 0 N–H and O–H groups in total. The van der Waals surface area contributed by atoms with Crippen molar-refractivity contribution in [3.05, 3.63) is 53.2 Å². The van der Waals surface area contributed by atoms with Crippen molar-refractivity contribution in [1.29, 1.82) is 0 Å². The van der Waals surface area contributed by atoms with Gasteiger partial charge in [0.15, 0.2) is 17.8 Å². The lowest BCUT2D eigenvalue weighted by molar-refractivity contribution is 0.0882. The molecule has 5 nitrogen and oxygen atoms in total. The van der Waals surface area contributed by atoms with Crippen LogP contribution in [0.25, 0.3) is 0 Å². The van der Waals surface area contributed by atoms with E-state index in [1.807, 2.05) is 0 Å². The first-order valence-corrected chi connectivity index (χ1v) is 7.79. The van der Waals surface area contributed by atoms with E-state index in [0.717, 1.165) is 32.1 Å². The minimum Gasteiger partial charge on any atom is -0.460 e. The fourth-order valence-corrected chi connectivity index (χ4v) is 3.09. The van der Waals surface area contributed by atoms with Crippen LogP contribution in [0, 0.1) is 5.92 Å². The fourth-order valence-electron chi connectivity index (χ4n) is 3.09. The van der Waals surface area contributed by atoms with Crippen LogP contribution in [-0.4, -0.2) is 22.8 Å². The van der Waals surface area contributed by atoms with Gasteiger partial charge in [0.2, 0.25) is 5.78 Å². The lowest BCUT2D eigenvalue weighted by Gasteiger charge is -2.19. The molecule has 0 aromatic carbocycles. The monoisotopic (exact) mass is 311 g/mol. The summed E-state index contributed by atoms with van der Waals surface area (Å²) in [4.78, 5) is 40.6. The zero-order valence-corrected chi connectivity index (χ0v) is 12.7. The Labute approximate surface area is 133 Å². The third-order valence-corrected chi connectivity index (χ3v) is 4.29. The van der Waals surface area contributed by atoms with Gasteiger partial charge in [-0.1, -0.05) is 25.3 Å². The van der Waals surface area contributed by atoms with Crippen LogP contribution in [0.4, 0.5) is 0 Å². The van der Waals surface area contributed by atoms with Gasteiger partial charge in [-0.2, -0.15) is 0 Å². The molecular formula is C18H17NO4. The highest BCUT2D eigenvalue weighted by Gasteiger charge is 2.31. The van der Waals surface area contributed by atoms with Crippen LogP contribution in [-0.2, 0) is 0 Å². The van der Waals surface area contributed by atoms with Crippen LogP contribution < -0.4 is 0 Å². The number of ketones is 2. The molecule has 0 amide bonds. The van der Waals surface area contributed by atoms with E-state index >= 15 is 0 Å². The molecule has 0 atom stereocenters. The van der Waals surface area contributed by atoms with Gasteiger partial charge in [0.25, 0.3) is 0 Å². The van der Waals surface area contributed by atoms with Gasteiger partial charge in [-0.3, -0.25) is 19.4 Å². The summed E-state index contributed by atoms with van der Waals surface area (Å²) >= 11 is 0. The van der Waals surface area contributed by atoms with Crippen molar-refractivity contribution in [2.45, 2.75) is 32.1 Å². The molecule has 2 heterocycles. The zero-order valence-electron chi connectivity index (χ0n) is 12.7. The fraction of sp³-hybridized carbons (Fsp3) is 0.333. The summed E-state index contributed by atoms with van der Waals surface area (Å²) in [7, 11) is 0. The molecule has 1 aliphatic rings. The third-order valence-electron chi connectivity index (χ3n) is 4.29. The number of rotatable bonds is 5. The number of nitrogens with zero attached hydrogens (tertiary/aromatic N) is 1. The second kappa shape index (κ2) is 6.69. The number of carbonyl (C=O) groups is 3. The van der Waals surface area contributed by atoms with Gasteiger partial charge < -0.3 is 4.42 Å². The van der Waals surface area contributed by atoms with Gasteiger partial charge in [0.05, 0.1) is 11.1 Å². The molecule has 0 unspecified atom stereocenters. The van der Waals surface area contributed by atoms with Crippen molar-refractivity contribution >= 4 is 17.9 Å². The standard InChI is InChI=1S/C18H17NO4/c20-10-15-16(18(22)14-8-4-5-9-19-14)13(11-23-15)17(21)12-6-2-1-3-7-12/h4-5,8-12H,1-3,6-7H2. The van der Waals surface area contributed by atoms with Gasteiger partial charge in [-0.15, -0.1) is 0 Å². The molecule has 2 aromatic rings. The van der Waals surface area contributed by atoms with Gasteiger partial charge in [0.1, 0.15) is 12.0 Å². The number of pyridine rings is 1. The number of hydrogen-bond donors (Lipinski definition) is 0. The molecule has 23 heavy (non-hydrogen) atoms.